The van der Waals surface area contributed by atoms with Gasteiger partial charge in [0.1, 0.15) is 10.7 Å². The van der Waals surface area contributed by atoms with E-state index in [4.69, 9.17) is 4.74 Å². The third-order valence-electron chi connectivity index (χ3n) is 5.76. The highest BCUT2D eigenvalue weighted by molar-refractivity contribution is 7.90. The molecule has 1 aromatic carbocycles. The van der Waals surface area contributed by atoms with Crippen molar-refractivity contribution >= 4 is 43.9 Å². The van der Waals surface area contributed by atoms with E-state index in [1.54, 1.807) is 37.2 Å². The second-order valence-electron chi connectivity index (χ2n) is 9.60. The molecule has 1 saturated heterocycles. The summed E-state index contributed by atoms with van der Waals surface area (Å²) in [6.45, 7) is 9.70. The van der Waals surface area contributed by atoms with E-state index in [0.717, 1.165) is 10.4 Å². The van der Waals surface area contributed by atoms with Crippen molar-refractivity contribution in [1.29, 1.82) is 0 Å². The number of thiazole rings is 1. The summed E-state index contributed by atoms with van der Waals surface area (Å²) in [4.78, 5) is 20.1. The van der Waals surface area contributed by atoms with Gasteiger partial charge in [-0.25, -0.2) is 4.98 Å². The van der Waals surface area contributed by atoms with Gasteiger partial charge in [0.25, 0.3) is 10.0 Å². The van der Waals surface area contributed by atoms with Crippen molar-refractivity contribution < 1.29 is 17.9 Å². The van der Waals surface area contributed by atoms with Crippen molar-refractivity contribution in [3.05, 3.63) is 24.4 Å². The number of ether oxygens (including phenoxy) is 1. The fourth-order valence-electron chi connectivity index (χ4n) is 4.56. The quantitative estimate of drug-likeness (QED) is 0.709. The van der Waals surface area contributed by atoms with Gasteiger partial charge in [0.15, 0.2) is 5.13 Å². The lowest BCUT2D eigenvalue weighted by atomic mass is 9.80. The number of carbonyl (C=O) groups excluding carboxylic acids is 1. The van der Waals surface area contributed by atoms with Crippen molar-refractivity contribution in [2.75, 3.05) is 17.3 Å². The molecule has 4 rings (SSSR count). The number of hydrogen-bond donors (Lipinski definition) is 1. The third-order valence-corrected chi connectivity index (χ3v) is 8.12. The number of carbonyl (C=O) groups is 1. The molecular formula is C22H28N4O4S2. The second kappa shape index (κ2) is 7.64. The number of sulfonamides is 1. The number of nitrogens with one attached hydrogen (secondary N) is 1. The molecule has 0 radical (unpaired) electrons. The smallest absolute Gasteiger partial charge is 0.286 e. The molecule has 0 aliphatic carbocycles. The first kappa shape index (κ1) is 22.9. The highest BCUT2D eigenvalue weighted by Crippen LogP contribution is 2.40. The van der Waals surface area contributed by atoms with Crippen LogP contribution in [0, 0.1) is 5.92 Å². The Balaban J connectivity index is 1.55. The van der Waals surface area contributed by atoms with Crippen LogP contribution in [0.3, 0.4) is 0 Å². The normalized spacial score (nSPS) is 21.6. The van der Waals surface area contributed by atoms with Crippen LogP contribution in [0.15, 0.2) is 33.7 Å². The summed E-state index contributed by atoms with van der Waals surface area (Å²) in [6.07, 6.45) is 2.98. The van der Waals surface area contributed by atoms with E-state index in [1.807, 2.05) is 33.8 Å². The van der Waals surface area contributed by atoms with Gasteiger partial charge in [0.05, 0.1) is 21.8 Å². The van der Waals surface area contributed by atoms with Gasteiger partial charge in [-0.3, -0.25) is 4.79 Å². The molecule has 2 aliphatic rings. The van der Waals surface area contributed by atoms with Crippen molar-refractivity contribution in [2.24, 2.45) is 10.3 Å². The number of amidine groups is 1. The molecule has 0 atom stereocenters. The molecule has 10 heteroatoms. The first-order valence-corrected chi connectivity index (χ1v) is 12.7. The molecule has 0 spiro atoms. The molecule has 172 valence electrons. The van der Waals surface area contributed by atoms with Gasteiger partial charge in [0.2, 0.25) is 5.91 Å². The first-order valence-electron chi connectivity index (χ1n) is 10.4. The van der Waals surface area contributed by atoms with Crippen LogP contribution in [-0.2, 0) is 19.6 Å². The topological polar surface area (TPSA) is 101 Å². The SMILES string of the molecule is CC1=NS(=O)(=O)c2ccc(-c3cnc(NC(=O)C4CC(C)(C)OC(C)(C)C4)s3)cc2N1C. The predicted molar refractivity (Wildman–Crippen MR) is 127 cm³/mol. The average Bonchev–Trinajstić information content (AvgIpc) is 3.11. The maximum Gasteiger partial charge on any atom is 0.286 e. The van der Waals surface area contributed by atoms with Gasteiger partial charge in [-0.1, -0.05) is 17.4 Å². The molecule has 0 unspecified atom stereocenters. The zero-order chi connectivity index (χ0) is 23.5. The monoisotopic (exact) mass is 476 g/mol. The van der Waals surface area contributed by atoms with Crippen LogP contribution in [0.4, 0.5) is 10.8 Å². The van der Waals surface area contributed by atoms with Crippen LogP contribution >= 0.6 is 11.3 Å². The molecule has 0 bridgehead atoms. The van der Waals surface area contributed by atoms with Crippen LogP contribution in [0.25, 0.3) is 10.4 Å². The number of benzene rings is 1. The largest absolute Gasteiger partial charge is 0.370 e. The van der Waals surface area contributed by atoms with Gasteiger partial charge in [0, 0.05) is 19.2 Å². The third kappa shape index (κ3) is 4.44. The van der Waals surface area contributed by atoms with Crippen molar-refractivity contribution in [1.82, 2.24) is 4.98 Å². The molecule has 1 amide bonds. The Hall–Kier alpha value is -2.30. The lowest BCUT2D eigenvalue weighted by Crippen LogP contribution is -2.48. The maximum absolute atomic E-state index is 12.9. The summed E-state index contributed by atoms with van der Waals surface area (Å²) in [6, 6.07) is 5.12. The summed E-state index contributed by atoms with van der Waals surface area (Å²) in [5, 5.41) is 3.47. The van der Waals surface area contributed by atoms with Crippen LogP contribution in [-0.4, -0.2) is 43.4 Å². The Kier molecular flexibility index (Phi) is 5.46. The summed E-state index contributed by atoms with van der Waals surface area (Å²) >= 11 is 1.36. The average molecular weight is 477 g/mol. The van der Waals surface area contributed by atoms with Crippen LogP contribution in [0.1, 0.15) is 47.5 Å². The van der Waals surface area contributed by atoms with Gasteiger partial charge in [-0.15, -0.1) is 4.40 Å². The first-order chi connectivity index (χ1) is 14.8. The van der Waals surface area contributed by atoms with E-state index in [1.165, 1.54) is 11.3 Å². The van der Waals surface area contributed by atoms with E-state index in [2.05, 4.69) is 14.7 Å². The zero-order valence-electron chi connectivity index (χ0n) is 19.1. The number of rotatable bonds is 3. The number of hydrogen-bond acceptors (Lipinski definition) is 7. The van der Waals surface area contributed by atoms with Crippen molar-refractivity contribution in [2.45, 2.75) is 63.6 Å². The molecular weight excluding hydrogens is 448 g/mol. The fourth-order valence-corrected chi connectivity index (χ4v) is 6.64. The maximum atomic E-state index is 12.9. The molecule has 8 nitrogen and oxygen atoms in total. The molecule has 2 aliphatic heterocycles. The number of amides is 1. The number of aromatic nitrogens is 1. The van der Waals surface area contributed by atoms with E-state index >= 15 is 0 Å². The molecule has 1 N–H and O–H groups in total. The van der Waals surface area contributed by atoms with Crippen LogP contribution in [0.2, 0.25) is 0 Å². The van der Waals surface area contributed by atoms with Gasteiger partial charge < -0.3 is 15.0 Å². The Labute approximate surface area is 192 Å². The molecule has 2 aromatic rings. The minimum Gasteiger partial charge on any atom is -0.370 e. The number of nitrogens with zero attached hydrogens (tertiary/aromatic N) is 3. The molecule has 0 saturated carbocycles. The van der Waals surface area contributed by atoms with E-state index in [-0.39, 0.29) is 27.9 Å². The number of fused-ring (bicyclic) bond motifs is 1. The van der Waals surface area contributed by atoms with Gasteiger partial charge in [-0.05, 0) is 65.2 Å². The highest BCUT2D eigenvalue weighted by atomic mass is 32.2. The van der Waals surface area contributed by atoms with Crippen LogP contribution in [0.5, 0.6) is 0 Å². The predicted octanol–water partition coefficient (Wildman–Crippen LogP) is 4.29. The Morgan fingerprint density at radius 2 is 1.88 bits per heavy atom. The van der Waals surface area contributed by atoms with E-state index in [0.29, 0.717) is 29.5 Å². The van der Waals surface area contributed by atoms with E-state index in [9.17, 15) is 13.2 Å². The lowest BCUT2D eigenvalue weighted by molar-refractivity contribution is -0.176. The summed E-state index contributed by atoms with van der Waals surface area (Å²) in [5.41, 5.74) is 0.663. The lowest BCUT2D eigenvalue weighted by Gasteiger charge is -2.44. The minimum absolute atomic E-state index is 0.0570. The van der Waals surface area contributed by atoms with Gasteiger partial charge >= 0.3 is 0 Å². The fraction of sp³-hybridized carbons (Fsp3) is 0.500. The molecule has 3 heterocycles. The standard InChI is InChI=1S/C22H28N4O4S2/c1-13-25-32(28,29)18-8-7-14(9-16(18)26(13)6)17-12-23-20(31-17)24-19(27)15-10-21(2,3)30-22(4,5)11-15/h7-9,12,15H,10-11H2,1-6H3,(H,23,24,27). The summed E-state index contributed by atoms with van der Waals surface area (Å²) < 4.78 is 34.6. The van der Waals surface area contributed by atoms with E-state index < -0.39 is 10.0 Å². The Bertz CT molecular complexity index is 1200. The van der Waals surface area contributed by atoms with Gasteiger partial charge in [-0.2, -0.15) is 8.42 Å². The summed E-state index contributed by atoms with van der Waals surface area (Å²) in [5.74, 6) is 0.193. The summed E-state index contributed by atoms with van der Waals surface area (Å²) in [7, 11) is -1.92. The Morgan fingerprint density at radius 1 is 1.22 bits per heavy atom. The van der Waals surface area contributed by atoms with Crippen molar-refractivity contribution in [3.8, 4) is 10.4 Å². The Morgan fingerprint density at radius 3 is 2.53 bits per heavy atom. The van der Waals surface area contributed by atoms with Crippen molar-refractivity contribution in [3.63, 3.8) is 0 Å². The number of anilines is 2. The second-order valence-corrected chi connectivity index (χ2v) is 12.2. The van der Waals surface area contributed by atoms with Crippen LogP contribution < -0.4 is 10.2 Å². The molecule has 1 fully saturated rings. The minimum atomic E-state index is -3.70. The molecule has 1 aromatic heterocycles. The zero-order valence-corrected chi connectivity index (χ0v) is 20.7. The molecule has 32 heavy (non-hydrogen) atoms. The highest BCUT2D eigenvalue weighted by Gasteiger charge is 2.42.